The van der Waals surface area contributed by atoms with Gasteiger partial charge in [-0.2, -0.15) is 0 Å². The molecule has 0 aromatic carbocycles. The molecular weight excluding hydrogens is 264 g/mol. The molecule has 0 aliphatic rings. The summed E-state index contributed by atoms with van der Waals surface area (Å²) in [7, 11) is 0. The number of hydrogen-bond acceptors (Lipinski definition) is 4. The van der Waals surface area contributed by atoms with Crippen LogP contribution in [-0.2, 0) is 6.54 Å². The Morgan fingerprint density at radius 1 is 1.44 bits per heavy atom. The van der Waals surface area contributed by atoms with Crippen LogP contribution in [0, 0.1) is 11.8 Å². The molecule has 5 heteroatoms. The Bertz CT molecular complexity index is 576. The molecule has 1 amide bonds. The van der Waals surface area contributed by atoms with E-state index in [2.05, 4.69) is 17.2 Å². The van der Waals surface area contributed by atoms with Gasteiger partial charge in [-0.25, -0.2) is 0 Å². The molecule has 0 saturated heterocycles. The van der Waals surface area contributed by atoms with Crippen LogP contribution in [0.15, 0.2) is 29.0 Å². The summed E-state index contributed by atoms with van der Waals surface area (Å²) in [5, 5.41) is 6.68. The maximum Gasteiger partial charge on any atom is 0.252 e. The first-order chi connectivity index (χ1) is 8.79. The molecular formula is C13H12N2OS2. The molecule has 0 atom stereocenters. The largest absolute Gasteiger partial charge is 0.347 e. The first kappa shape index (κ1) is 12.8. The summed E-state index contributed by atoms with van der Waals surface area (Å²) in [5.74, 6) is 5.62. The van der Waals surface area contributed by atoms with Crippen LogP contribution in [0.1, 0.15) is 20.1 Å². The van der Waals surface area contributed by atoms with E-state index in [1.807, 2.05) is 22.9 Å². The third-order valence-corrected chi connectivity index (χ3v) is 3.90. The van der Waals surface area contributed by atoms with E-state index in [-0.39, 0.29) is 5.91 Å². The molecule has 0 fully saturated rings. The molecule has 0 spiro atoms. The summed E-state index contributed by atoms with van der Waals surface area (Å²) in [5.41, 5.74) is 5.95. The zero-order chi connectivity index (χ0) is 12.8. The van der Waals surface area contributed by atoms with Crippen molar-refractivity contribution in [3.63, 3.8) is 0 Å². The van der Waals surface area contributed by atoms with E-state index in [0.29, 0.717) is 18.7 Å². The quantitative estimate of drug-likeness (QED) is 0.843. The summed E-state index contributed by atoms with van der Waals surface area (Å²) in [4.78, 5) is 13.9. The van der Waals surface area contributed by atoms with Crippen molar-refractivity contribution in [2.75, 3.05) is 6.54 Å². The zero-order valence-electron chi connectivity index (χ0n) is 9.60. The Labute approximate surface area is 114 Å². The van der Waals surface area contributed by atoms with Gasteiger partial charge in [-0.15, -0.1) is 22.7 Å². The smallest absolute Gasteiger partial charge is 0.252 e. The van der Waals surface area contributed by atoms with Crippen molar-refractivity contribution in [3.8, 4) is 11.8 Å². The van der Waals surface area contributed by atoms with Crippen molar-refractivity contribution < 1.29 is 4.79 Å². The molecule has 2 rings (SSSR count). The SMILES string of the molecule is NCC#Cc1cc(C(=O)NCc2cccs2)cs1. The van der Waals surface area contributed by atoms with Gasteiger partial charge in [-0.3, -0.25) is 4.79 Å². The summed E-state index contributed by atoms with van der Waals surface area (Å²) < 4.78 is 0. The highest BCUT2D eigenvalue weighted by Crippen LogP contribution is 2.14. The van der Waals surface area contributed by atoms with Gasteiger partial charge in [0, 0.05) is 10.3 Å². The molecule has 0 bridgehead atoms. The van der Waals surface area contributed by atoms with Gasteiger partial charge in [0.25, 0.3) is 5.91 Å². The molecule has 2 aromatic heterocycles. The number of nitrogens with two attached hydrogens (primary N) is 1. The third-order valence-electron chi connectivity index (χ3n) is 2.18. The van der Waals surface area contributed by atoms with Gasteiger partial charge in [0.2, 0.25) is 0 Å². The van der Waals surface area contributed by atoms with Crippen LogP contribution in [0.5, 0.6) is 0 Å². The Morgan fingerprint density at radius 3 is 3.06 bits per heavy atom. The lowest BCUT2D eigenvalue weighted by Gasteiger charge is -2.00. The van der Waals surface area contributed by atoms with Gasteiger partial charge in [0.1, 0.15) is 0 Å². The van der Waals surface area contributed by atoms with Gasteiger partial charge in [0.05, 0.1) is 23.5 Å². The molecule has 92 valence electrons. The van der Waals surface area contributed by atoms with Crippen LogP contribution in [0.2, 0.25) is 0 Å². The Hall–Kier alpha value is -1.61. The molecule has 2 heterocycles. The summed E-state index contributed by atoms with van der Waals surface area (Å²) in [6, 6.07) is 5.76. The lowest BCUT2D eigenvalue weighted by molar-refractivity contribution is 0.0952. The maximum absolute atomic E-state index is 11.9. The maximum atomic E-state index is 11.9. The van der Waals surface area contributed by atoms with Gasteiger partial charge >= 0.3 is 0 Å². The van der Waals surface area contributed by atoms with Gasteiger partial charge < -0.3 is 11.1 Å². The number of amides is 1. The van der Waals surface area contributed by atoms with Crippen LogP contribution >= 0.6 is 22.7 Å². The van der Waals surface area contributed by atoms with Crippen molar-refractivity contribution in [3.05, 3.63) is 44.3 Å². The van der Waals surface area contributed by atoms with E-state index in [1.54, 1.807) is 17.4 Å². The molecule has 2 aromatic rings. The molecule has 0 aliphatic carbocycles. The second-order valence-corrected chi connectivity index (χ2v) is 5.41. The van der Waals surface area contributed by atoms with Crippen molar-refractivity contribution in [2.45, 2.75) is 6.54 Å². The molecule has 0 aliphatic heterocycles. The van der Waals surface area contributed by atoms with Gasteiger partial charge in [-0.1, -0.05) is 17.9 Å². The topological polar surface area (TPSA) is 55.1 Å². The minimum atomic E-state index is -0.0690. The highest BCUT2D eigenvalue weighted by atomic mass is 32.1. The highest BCUT2D eigenvalue weighted by Gasteiger charge is 2.07. The Balaban J connectivity index is 1.94. The van der Waals surface area contributed by atoms with Gasteiger partial charge in [0.15, 0.2) is 0 Å². The van der Waals surface area contributed by atoms with Crippen molar-refractivity contribution in [2.24, 2.45) is 5.73 Å². The normalized spacial score (nSPS) is 9.61. The lowest BCUT2D eigenvalue weighted by Crippen LogP contribution is -2.21. The van der Waals surface area contributed by atoms with Crippen LogP contribution in [0.3, 0.4) is 0 Å². The van der Waals surface area contributed by atoms with E-state index < -0.39 is 0 Å². The molecule has 3 nitrogen and oxygen atoms in total. The average Bonchev–Trinajstić information content (AvgIpc) is 3.04. The lowest BCUT2D eigenvalue weighted by atomic mass is 10.3. The number of nitrogens with one attached hydrogen (secondary N) is 1. The van der Waals surface area contributed by atoms with E-state index in [4.69, 9.17) is 5.73 Å². The van der Waals surface area contributed by atoms with E-state index in [9.17, 15) is 4.79 Å². The molecule has 0 saturated carbocycles. The monoisotopic (exact) mass is 276 g/mol. The van der Waals surface area contributed by atoms with Crippen LogP contribution < -0.4 is 11.1 Å². The van der Waals surface area contributed by atoms with E-state index in [0.717, 1.165) is 9.75 Å². The van der Waals surface area contributed by atoms with Crippen LogP contribution in [0.25, 0.3) is 0 Å². The van der Waals surface area contributed by atoms with E-state index in [1.165, 1.54) is 11.3 Å². The average molecular weight is 276 g/mol. The number of carbonyl (C=O) groups is 1. The number of carbonyl (C=O) groups excluding carboxylic acids is 1. The predicted molar refractivity (Wildman–Crippen MR) is 75.7 cm³/mol. The first-order valence-corrected chi connectivity index (χ1v) is 7.13. The Morgan fingerprint density at radius 2 is 2.33 bits per heavy atom. The van der Waals surface area contributed by atoms with Crippen molar-refractivity contribution >= 4 is 28.6 Å². The molecule has 3 N–H and O–H groups in total. The minimum Gasteiger partial charge on any atom is -0.347 e. The zero-order valence-corrected chi connectivity index (χ0v) is 11.2. The first-order valence-electron chi connectivity index (χ1n) is 5.37. The minimum absolute atomic E-state index is 0.0690. The summed E-state index contributed by atoms with van der Waals surface area (Å²) in [6.07, 6.45) is 0. The van der Waals surface area contributed by atoms with Crippen LogP contribution in [0.4, 0.5) is 0 Å². The molecule has 0 unspecified atom stereocenters. The number of rotatable bonds is 3. The van der Waals surface area contributed by atoms with Crippen LogP contribution in [-0.4, -0.2) is 12.5 Å². The fourth-order valence-electron chi connectivity index (χ4n) is 1.34. The van der Waals surface area contributed by atoms with E-state index >= 15 is 0 Å². The second-order valence-electron chi connectivity index (χ2n) is 3.47. The van der Waals surface area contributed by atoms with Crippen molar-refractivity contribution in [1.82, 2.24) is 5.32 Å². The fourth-order valence-corrected chi connectivity index (χ4v) is 2.74. The number of hydrogen-bond donors (Lipinski definition) is 2. The fraction of sp³-hybridized carbons (Fsp3) is 0.154. The Kier molecular flexibility index (Phi) is 4.53. The standard InChI is InChI=1S/C13H12N2OS2/c14-5-1-3-11-7-10(9-18-11)13(16)15-8-12-4-2-6-17-12/h2,4,6-7,9H,5,8,14H2,(H,15,16). The second kappa shape index (κ2) is 6.36. The predicted octanol–water partition coefficient (Wildman–Crippen LogP) is 2.05. The number of thiophene rings is 2. The summed E-state index contributed by atoms with van der Waals surface area (Å²) in [6.45, 7) is 0.897. The highest BCUT2D eigenvalue weighted by molar-refractivity contribution is 7.10. The molecule has 0 radical (unpaired) electrons. The third kappa shape index (κ3) is 3.44. The summed E-state index contributed by atoms with van der Waals surface area (Å²) >= 11 is 3.08. The molecule has 18 heavy (non-hydrogen) atoms. The van der Waals surface area contributed by atoms with Crippen molar-refractivity contribution in [1.29, 1.82) is 0 Å². The van der Waals surface area contributed by atoms with Gasteiger partial charge in [-0.05, 0) is 17.5 Å².